The smallest absolute Gasteiger partial charge is 0.277 e. The zero-order valence-electron chi connectivity index (χ0n) is 12.6. The van der Waals surface area contributed by atoms with E-state index in [1.807, 2.05) is 30.3 Å². The normalized spacial score (nSPS) is 10.9. The summed E-state index contributed by atoms with van der Waals surface area (Å²) >= 11 is 5.78. The first kappa shape index (κ1) is 16.0. The van der Waals surface area contributed by atoms with Gasteiger partial charge in [0.2, 0.25) is 0 Å². The third-order valence-electron chi connectivity index (χ3n) is 3.24. The van der Waals surface area contributed by atoms with Crippen LogP contribution in [0.5, 0.6) is 5.75 Å². The van der Waals surface area contributed by atoms with Gasteiger partial charge in [-0.1, -0.05) is 35.9 Å². The molecule has 0 aliphatic heterocycles. The van der Waals surface area contributed by atoms with Crippen LogP contribution in [0.25, 0.3) is 10.9 Å². The molecule has 0 atom stereocenters. The molecule has 24 heavy (non-hydrogen) atoms. The Kier molecular flexibility index (Phi) is 5.03. The third-order valence-corrected chi connectivity index (χ3v) is 3.49. The maximum absolute atomic E-state index is 11.7. The average molecular weight is 340 g/mol. The second-order valence-electron chi connectivity index (χ2n) is 4.96. The Bertz CT molecular complexity index is 874. The Hall–Kier alpha value is -2.92. The summed E-state index contributed by atoms with van der Waals surface area (Å²) in [5, 5.41) is 5.58. The number of para-hydroxylation sites is 1. The van der Waals surface area contributed by atoms with E-state index >= 15 is 0 Å². The van der Waals surface area contributed by atoms with Gasteiger partial charge in [0.15, 0.2) is 6.61 Å². The molecule has 0 radical (unpaired) electrons. The van der Waals surface area contributed by atoms with Gasteiger partial charge in [-0.25, -0.2) is 5.43 Å². The van der Waals surface area contributed by atoms with Crippen LogP contribution in [0.3, 0.4) is 0 Å². The number of nitrogens with zero attached hydrogens (tertiary/aromatic N) is 2. The summed E-state index contributed by atoms with van der Waals surface area (Å²) in [6.07, 6.45) is 3.29. The molecule has 5 nitrogen and oxygen atoms in total. The van der Waals surface area contributed by atoms with Gasteiger partial charge in [-0.15, -0.1) is 0 Å². The van der Waals surface area contributed by atoms with E-state index in [1.54, 1.807) is 36.7 Å². The highest BCUT2D eigenvalue weighted by molar-refractivity contribution is 6.30. The number of nitrogens with one attached hydrogen (secondary N) is 1. The van der Waals surface area contributed by atoms with Crippen molar-refractivity contribution in [1.82, 2.24) is 10.4 Å². The fraction of sp³-hybridized carbons (Fsp3) is 0.0556. The summed E-state index contributed by atoms with van der Waals surface area (Å²) in [7, 11) is 0. The van der Waals surface area contributed by atoms with E-state index in [1.165, 1.54) is 0 Å². The summed E-state index contributed by atoms with van der Waals surface area (Å²) < 4.78 is 5.34. The summed E-state index contributed by atoms with van der Waals surface area (Å²) in [6.45, 7) is -0.132. The summed E-state index contributed by atoms with van der Waals surface area (Å²) in [5.74, 6) is 0.214. The fourth-order valence-corrected chi connectivity index (χ4v) is 2.24. The molecule has 1 N–H and O–H groups in total. The number of hydrogen-bond acceptors (Lipinski definition) is 4. The first-order valence-electron chi connectivity index (χ1n) is 7.26. The van der Waals surface area contributed by atoms with Gasteiger partial charge >= 0.3 is 0 Å². The van der Waals surface area contributed by atoms with Crippen LogP contribution >= 0.6 is 11.6 Å². The van der Waals surface area contributed by atoms with Gasteiger partial charge in [0.1, 0.15) is 5.75 Å². The van der Waals surface area contributed by atoms with E-state index in [0.717, 1.165) is 16.5 Å². The Morgan fingerprint density at radius 3 is 2.79 bits per heavy atom. The minimum absolute atomic E-state index is 0.132. The number of amides is 1. The van der Waals surface area contributed by atoms with E-state index < -0.39 is 0 Å². The first-order chi connectivity index (χ1) is 11.7. The number of benzene rings is 2. The van der Waals surface area contributed by atoms with E-state index in [9.17, 15) is 4.79 Å². The largest absolute Gasteiger partial charge is 0.484 e. The van der Waals surface area contributed by atoms with E-state index in [-0.39, 0.29) is 12.5 Å². The predicted octanol–water partition coefficient (Wildman–Crippen LogP) is 3.42. The van der Waals surface area contributed by atoms with Crippen LogP contribution in [0, 0.1) is 0 Å². The first-order valence-corrected chi connectivity index (χ1v) is 7.64. The van der Waals surface area contributed by atoms with Gasteiger partial charge in [0, 0.05) is 22.2 Å². The van der Waals surface area contributed by atoms with Crippen molar-refractivity contribution < 1.29 is 9.53 Å². The van der Waals surface area contributed by atoms with E-state index in [2.05, 4.69) is 15.5 Å². The molecule has 1 heterocycles. The number of fused-ring (bicyclic) bond motifs is 1. The minimum Gasteiger partial charge on any atom is -0.484 e. The lowest BCUT2D eigenvalue weighted by atomic mass is 10.1. The molecule has 6 heteroatoms. The molecule has 0 aliphatic carbocycles. The van der Waals surface area contributed by atoms with E-state index in [4.69, 9.17) is 16.3 Å². The quantitative estimate of drug-likeness (QED) is 0.572. The molecular formula is C18H14ClN3O2. The van der Waals surface area contributed by atoms with Crippen LogP contribution in [0.2, 0.25) is 5.02 Å². The molecule has 0 fully saturated rings. The Labute approximate surface area is 143 Å². The lowest BCUT2D eigenvalue weighted by molar-refractivity contribution is -0.123. The van der Waals surface area contributed by atoms with E-state index in [0.29, 0.717) is 10.8 Å². The SMILES string of the molecule is O=C(COc1ccc(Cl)cc1)N/N=C\c1cccc2cccnc12. The highest BCUT2D eigenvalue weighted by Gasteiger charge is 2.02. The Morgan fingerprint density at radius 2 is 1.96 bits per heavy atom. The zero-order valence-corrected chi connectivity index (χ0v) is 13.4. The molecule has 0 unspecified atom stereocenters. The molecule has 3 rings (SSSR count). The monoisotopic (exact) mass is 339 g/mol. The average Bonchev–Trinajstić information content (AvgIpc) is 2.61. The summed E-state index contributed by atoms with van der Waals surface area (Å²) in [4.78, 5) is 16.1. The number of hydrazone groups is 1. The Morgan fingerprint density at radius 1 is 1.17 bits per heavy atom. The van der Waals surface area contributed by atoms with Crippen molar-refractivity contribution in [2.24, 2.45) is 5.10 Å². The molecule has 0 bridgehead atoms. The molecule has 120 valence electrons. The molecule has 3 aromatic rings. The molecule has 0 aliphatic rings. The van der Waals surface area contributed by atoms with Crippen molar-refractivity contribution in [2.75, 3.05) is 6.61 Å². The second-order valence-corrected chi connectivity index (χ2v) is 5.39. The van der Waals surface area contributed by atoms with Crippen molar-refractivity contribution in [3.05, 3.63) is 71.4 Å². The number of hydrogen-bond donors (Lipinski definition) is 1. The van der Waals surface area contributed by atoms with Gasteiger partial charge in [0.25, 0.3) is 5.91 Å². The topological polar surface area (TPSA) is 63.6 Å². The fourth-order valence-electron chi connectivity index (χ4n) is 2.12. The number of rotatable bonds is 5. The zero-order chi connectivity index (χ0) is 16.8. The number of halogens is 1. The van der Waals surface area contributed by atoms with Gasteiger partial charge in [-0.05, 0) is 30.3 Å². The minimum atomic E-state index is -0.352. The Balaban J connectivity index is 1.57. The van der Waals surface area contributed by atoms with Crippen LogP contribution in [0.15, 0.2) is 65.9 Å². The third kappa shape index (κ3) is 4.08. The van der Waals surface area contributed by atoms with Crippen LogP contribution in [-0.4, -0.2) is 23.7 Å². The van der Waals surface area contributed by atoms with Crippen LogP contribution in [0.1, 0.15) is 5.56 Å². The van der Waals surface area contributed by atoms with Crippen molar-refractivity contribution in [2.45, 2.75) is 0 Å². The molecule has 1 aromatic heterocycles. The van der Waals surface area contributed by atoms with Crippen LogP contribution in [0.4, 0.5) is 0 Å². The predicted molar refractivity (Wildman–Crippen MR) is 94.4 cm³/mol. The van der Waals surface area contributed by atoms with Crippen molar-refractivity contribution in [3.63, 3.8) is 0 Å². The van der Waals surface area contributed by atoms with Crippen molar-refractivity contribution in [1.29, 1.82) is 0 Å². The lowest BCUT2D eigenvalue weighted by Crippen LogP contribution is -2.24. The van der Waals surface area contributed by atoms with Crippen LogP contribution < -0.4 is 10.2 Å². The van der Waals surface area contributed by atoms with Crippen molar-refractivity contribution in [3.8, 4) is 5.75 Å². The number of carbonyl (C=O) groups excluding carboxylic acids is 1. The number of pyridine rings is 1. The number of aromatic nitrogens is 1. The summed E-state index contributed by atoms with van der Waals surface area (Å²) in [5.41, 5.74) is 4.08. The van der Waals surface area contributed by atoms with Gasteiger partial charge < -0.3 is 4.74 Å². The molecule has 0 spiro atoms. The van der Waals surface area contributed by atoms with Crippen LogP contribution in [-0.2, 0) is 4.79 Å². The molecule has 0 saturated carbocycles. The molecular weight excluding hydrogens is 326 g/mol. The van der Waals surface area contributed by atoms with Crippen molar-refractivity contribution >= 4 is 34.6 Å². The lowest BCUT2D eigenvalue weighted by Gasteiger charge is -2.05. The van der Waals surface area contributed by atoms with Gasteiger partial charge in [-0.3, -0.25) is 9.78 Å². The second kappa shape index (κ2) is 7.57. The maximum Gasteiger partial charge on any atom is 0.277 e. The number of ether oxygens (including phenoxy) is 1. The standard InChI is InChI=1S/C18H14ClN3O2/c19-15-6-8-16(9-7-15)24-12-17(23)22-21-11-14-4-1-3-13-5-2-10-20-18(13)14/h1-11H,12H2,(H,22,23)/b21-11-. The summed E-state index contributed by atoms with van der Waals surface area (Å²) in [6, 6.07) is 16.4. The highest BCUT2D eigenvalue weighted by Crippen LogP contribution is 2.15. The number of carbonyl (C=O) groups is 1. The van der Waals surface area contributed by atoms with Gasteiger partial charge in [0.05, 0.1) is 11.7 Å². The van der Waals surface area contributed by atoms with Gasteiger partial charge in [-0.2, -0.15) is 5.10 Å². The highest BCUT2D eigenvalue weighted by atomic mass is 35.5. The molecule has 1 amide bonds. The molecule has 0 saturated heterocycles. The maximum atomic E-state index is 11.7. The molecule has 2 aromatic carbocycles.